The number of likely N-dealkylation sites (tertiary alicyclic amines) is 1. The van der Waals surface area contributed by atoms with Crippen LogP contribution in [0, 0.1) is 0 Å². The number of amides is 1. The predicted molar refractivity (Wildman–Crippen MR) is 58.1 cm³/mol. The number of carbonyl (C=O) groups is 1. The first-order chi connectivity index (χ1) is 7.72. The molecular formula is C10H11ClN2O3. The van der Waals surface area contributed by atoms with Crippen molar-refractivity contribution in [1.82, 2.24) is 4.90 Å². The number of rotatable bonds is 1. The van der Waals surface area contributed by atoms with Crippen molar-refractivity contribution in [2.45, 2.75) is 12.8 Å². The maximum Gasteiger partial charge on any atom is 0.258 e. The first-order valence-electron chi connectivity index (χ1n) is 4.94. The van der Waals surface area contributed by atoms with Gasteiger partial charge in [-0.3, -0.25) is 4.79 Å². The SMILES string of the molecule is O=C(c1ccoc1Cl)N1CCC(=NO)CC1. The van der Waals surface area contributed by atoms with E-state index in [0.29, 0.717) is 31.5 Å². The molecule has 2 rings (SSSR count). The van der Waals surface area contributed by atoms with Crippen LogP contribution in [0.1, 0.15) is 23.2 Å². The molecule has 1 fully saturated rings. The molecule has 0 aromatic carbocycles. The Bertz CT molecular complexity index is 417. The number of furan rings is 1. The molecule has 1 aliphatic rings. The molecule has 1 saturated heterocycles. The Labute approximate surface area is 97.3 Å². The maximum atomic E-state index is 12.0. The van der Waals surface area contributed by atoms with Crippen molar-refractivity contribution in [1.29, 1.82) is 0 Å². The highest BCUT2D eigenvalue weighted by molar-refractivity contribution is 6.32. The van der Waals surface area contributed by atoms with E-state index in [0.717, 1.165) is 5.71 Å². The Morgan fingerprint density at radius 1 is 1.50 bits per heavy atom. The summed E-state index contributed by atoms with van der Waals surface area (Å²) in [4.78, 5) is 13.6. The maximum absolute atomic E-state index is 12.0. The number of hydrogen-bond donors (Lipinski definition) is 1. The van der Waals surface area contributed by atoms with Gasteiger partial charge in [0.25, 0.3) is 5.91 Å². The highest BCUT2D eigenvalue weighted by Gasteiger charge is 2.23. The van der Waals surface area contributed by atoms with Gasteiger partial charge < -0.3 is 14.5 Å². The topological polar surface area (TPSA) is 66.0 Å². The standard InChI is InChI=1S/C10H11ClN2O3/c11-9-8(3-6-16-9)10(14)13-4-1-7(12-15)2-5-13/h3,6,15H,1-2,4-5H2. The van der Waals surface area contributed by atoms with Crippen molar-refractivity contribution in [3.63, 3.8) is 0 Å². The molecule has 1 aromatic rings. The fraction of sp³-hybridized carbons (Fsp3) is 0.400. The molecule has 2 heterocycles. The van der Waals surface area contributed by atoms with Gasteiger partial charge in [0.15, 0.2) is 0 Å². The Balaban J connectivity index is 2.05. The van der Waals surface area contributed by atoms with E-state index >= 15 is 0 Å². The second-order valence-corrected chi connectivity index (χ2v) is 3.91. The van der Waals surface area contributed by atoms with E-state index in [9.17, 15) is 4.79 Å². The lowest BCUT2D eigenvalue weighted by atomic mass is 10.1. The fourth-order valence-corrected chi connectivity index (χ4v) is 1.88. The average Bonchev–Trinajstić information content (AvgIpc) is 2.75. The number of nitrogens with zero attached hydrogens (tertiary/aromatic N) is 2. The fourth-order valence-electron chi connectivity index (χ4n) is 1.68. The predicted octanol–water partition coefficient (Wildman–Crippen LogP) is 2.00. The van der Waals surface area contributed by atoms with Gasteiger partial charge in [-0.25, -0.2) is 0 Å². The minimum absolute atomic E-state index is 0.117. The Kier molecular flexibility index (Phi) is 3.14. The van der Waals surface area contributed by atoms with Crippen LogP contribution >= 0.6 is 11.6 Å². The summed E-state index contributed by atoms with van der Waals surface area (Å²) in [7, 11) is 0. The monoisotopic (exact) mass is 242 g/mol. The number of piperidine rings is 1. The molecule has 0 radical (unpaired) electrons. The lowest BCUT2D eigenvalue weighted by Gasteiger charge is -2.26. The van der Waals surface area contributed by atoms with Crippen LogP contribution in [-0.4, -0.2) is 34.8 Å². The van der Waals surface area contributed by atoms with Crippen LogP contribution in [0.2, 0.25) is 5.22 Å². The van der Waals surface area contributed by atoms with Crippen molar-refractivity contribution in [2.24, 2.45) is 5.16 Å². The van der Waals surface area contributed by atoms with Crippen LogP contribution in [0.4, 0.5) is 0 Å². The summed E-state index contributed by atoms with van der Waals surface area (Å²) in [6, 6.07) is 1.56. The second-order valence-electron chi connectivity index (χ2n) is 3.57. The van der Waals surface area contributed by atoms with Crippen LogP contribution in [0.5, 0.6) is 0 Å². The van der Waals surface area contributed by atoms with Crippen LogP contribution in [0.25, 0.3) is 0 Å². The summed E-state index contributed by atoms with van der Waals surface area (Å²) in [5.41, 5.74) is 1.10. The molecule has 1 N–H and O–H groups in total. The molecule has 1 aliphatic heterocycles. The van der Waals surface area contributed by atoms with E-state index in [1.807, 2.05) is 0 Å². The molecular weight excluding hydrogens is 232 g/mol. The van der Waals surface area contributed by atoms with Crippen LogP contribution in [-0.2, 0) is 0 Å². The molecule has 1 aromatic heterocycles. The lowest BCUT2D eigenvalue weighted by Crippen LogP contribution is -2.38. The molecule has 1 amide bonds. The van der Waals surface area contributed by atoms with Crippen molar-refractivity contribution in [2.75, 3.05) is 13.1 Å². The molecule has 0 spiro atoms. The summed E-state index contributed by atoms with van der Waals surface area (Å²) < 4.78 is 4.87. The van der Waals surface area contributed by atoms with Gasteiger partial charge in [0.1, 0.15) is 0 Å². The van der Waals surface area contributed by atoms with Gasteiger partial charge in [-0.05, 0) is 17.7 Å². The highest BCUT2D eigenvalue weighted by Crippen LogP contribution is 2.20. The minimum atomic E-state index is -0.143. The zero-order valence-electron chi connectivity index (χ0n) is 8.52. The quantitative estimate of drug-likeness (QED) is 0.605. The third-order valence-corrected chi connectivity index (χ3v) is 2.91. The Hall–Kier alpha value is -1.49. The van der Waals surface area contributed by atoms with E-state index in [4.69, 9.17) is 21.2 Å². The van der Waals surface area contributed by atoms with E-state index in [1.165, 1.54) is 6.26 Å². The van der Waals surface area contributed by atoms with Crippen molar-refractivity contribution >= 4 is 23.2 Å². The van der Waals surface area contributed by atoms with Crippen LogP contribution < -0.4 is 0 Å². The third-order valence-electron chi connectivity index (χ3n) is 2.62. The van der Waals surface area contributed by atoms with Gasteiger partial charge in [-0.1, -0.05) is 5.16 Å². The van der Waals surface area contributed by atoms with Gasteiger partial charge in [0.05, 0.1) is 17.5 Å². The lowest BCUT2D eigenvalue weighted by molar-refractivity contribution is 0.0753. The number of oxime groups is 1. The molecule has 86 valence electrons. The normalized spacial score (nSPS) is 16.3. The first-order valence-corrected chi connectivity index (χ1v) is 5.32. The van der Waals surface area contributed by atoms with Crippen molar-refractivity contribution in [3.8, 4) is 0 Å². The molecule has 0 bridgehead atoms. The van der Waals surface area contributed by atoms with Crippen LogP contribution in [0.3, 0.4) is 0 Å². The number of carbonyl (C=O) groups excluding carboxylic acids is 1. The van der Waals surface area contributed by atoms with Crippen molar-refractivity contribution < 1.29 is 14.4 Å². The average molecular weight is 243 g/mol. The number of hydrogen-bond acceptors (Lipinski definition) is 4. The minimum Gasteiger partial charge on any atom is -0.452 e. The third kappa shape index (κ3) is 2.04. The molecule has 0 aliphatic carbocycles. The summed E-state index contributed by atoms with van der Waals surface area (Å²) >= 11 is 5.73. The van der Waals surface area contributed by atoms with Crippen molar-refractivity contribution in [3.05, 3.63) is 23.1 Å². The molecule has 16 heavy (non-hydrogen) atoms. The highest BCUT2D eigenvalue weighted by atomic mass is 35.5. The van der Waals surface area contributed by atoms with E-state index in [-0.39, 0.29) is 11.1 Å². The summed E-state index contributed by atoms with van der Waals surface area (Å²) in [5.74, 6) is -0.143. The second kappa shape index (κ2) is 4.57. The van der Waals surface area contributed by atoms with Gasteiger partial charge >= 0.3 is 0 Å². The van der Waals surface area contributed by atoms with E-state index in [2.05, 4.69) is 5.16 Å². The Morgan fingerprint density at radius 2 is 2.19 bits per heavy atom. The zero-order valence-corrected chi connectivity index (χ0v) is 9.28. The largest absolute Gasteiger partial charge is 0.452 e. The Morgan fingerprint density at radius 3 is 2.69 bits per heavy atom. The van der Waals surface area contributed by atoms with E-state index in [1.54, 1.807) is 11.0 Å². The first kappa shape index (κ1) is 11.0. The van der Waals surface area contributed by atoms with E-state index < -0.39 is 0 Å². The molecule has 5 nitrogen and oxygen atoms in total. The zero-order chi connectivity index (χ0) is 11.5. The molecule has 0 saturated carbocycles. The summed E-state index contributed by atoms with van der Waals surface area (Å²) in [6.07, 6.45) is 2.58. The van der Waals surface area contributed by atoms with Gasteiger partial charge in [-0.15, -0.1) is 0 Å². The molecule has 6 heteroatoms. The molecule has 0 unspecified atom stereocenters. The summed E-state index contributed by atoms with van der Waals surface area (Å²) in [5, 5.41) is 11.9. The number of halogens is 1. The summed E-state index contributed by atoms with van der Waals surface area (Å²) in [6.45, 7) is 1.08. The van der Waals surface area contributed by atoms with Gasteiger partial charge in [0, 0.05) is 25.9 Å². The van der Waals surface area contributed by atoms with Gasteiger partial charge in [-0.2, -0.15) is 0 Å². The smallest absolute Gasteiger partial charge is 0.258 e. The molecule has 0 atom stereocenters. The van der Waals surface area contributed by atoms with Gasteiger partial charge in [0.2, 0.25) is 5.22 Å². The van der Waals surface area contributed by atoms with Crippen LogP contribution in [0.15, 0.2) is 21.9 Å².